The normalized spacial score (nSPS) is 18.1. The zero-order valence-corrected chi connectivity index (χ0v) is 47.6. The van der Waals surface area contributed by atoms with Crippen molar-refractivity contribution in [2.24, 2.45) is 5.92 Å². The standard InChI is InChI=1S/C61H75N11O7S/c1-38(2)54(71-35-44-16-10-13-19-48(44)58(71)76)60(78)70-36-47(74)31-50(70)57(75)63-32-43-21-20-42(55-40(4)65-37-80-55)30-51(43)79-29-15-9-7-6-8-14-24-68-25-27-69(28-26-68)46-22-23-52(62-33-46)66-61-64-34-49-39(3)53(41(5)73)59(77)72(56(49)67-61)45-17-11-12-18-45/h10,13,16,19-23,30,33-34,37-38,45,47,50,54,74H,6-9,11-12,14-15,17-18,24-29,31-32,35-36H2,1-5H3,(H,63,75)(H,62,64,66,67)/t47-,50+,54+/m1/s1. The number of ether oxygens (including phenoxy) is 1. The Balaban J connectivity index is 0.657. The molecule has 7 heterocycles. The second-order valence-electron chi connectivity index (χ2n) is 22.4. The van der Waals surface area contributed by atoms with Gasteiger partial charge >= 0.3 is 0 Å². The molecule has 6 aromatic rings. The minimum atomic E-state index is -0.881. The summed E-state index contributed by atoms with van der Waals surface area (Å²) in [5.41, 5.74) is 8.23. The van der Waals surface area contributed by atoms with Crippen molar-refractivity contribution in [3.63, 3.8) is 0 Å². The van der Waals surface area contributed by atoms with Gasteiger partial charge < -0.3 is 35.2 Å². The molecule has 0 unspecified atom stereocenters. The topological polar surface area (TPSA) is 208 Å². The lowest BCUT2D eigenvalue weighted by atomic mass is 10.0. The Morgan fingerprint density at radius 3 is 2.36 bits per heavy atom. The minimum Gasteiger partial charge on any atom is -0.493 e. The largest absolute Gasteiger partial charge is 0.493 e. The first-order valence-electron chi connectivity index (χ1n) is 28.7. The van der Waals surface area contributed by atoms with Gasteiger partial charge in [0.25, 0.3) is 11.5 Å². The lowest BCUT2D eigenvalue weighted by Crippen LogP contribution is -2.55. The predicted octanol–water partition coefficient (Wildman–Crippen LogP) is 8.79. The Labute approximate surface area is 472 Å². The van der Waals surface area contributed by atoms with Crippen LogP contribution in [0.1, 0.15) is 141 Å². The number of ketones is 1. The van der Waals surface area contributed by atoms with Gasteiger partial charge in [0.15, 0.2) is 5.78 Å². The maximum Gasteiger partial charge on any atom is 0.263 e. The van der Waals surface area contributed by atoms with Crippen molar-refractivity contribution in [1.82, 2.24) is 44.5 Å². The van der Waals surface area contributed by atoms with E-state index in [4.69, 9.17) is 14.7 Å². The number of rotatable bonds is 22. The number of benzene rings is 2. The highest BCUT2D eigenvalue weighted by Gasteiger charge is 2.46. The molecule has 4 aliphatic rings. The predicted molar refractivity (Wildman–Crippen MR) is 311 cm³/mol. The number of β-amino-alcohol motifs (C(OH)–C–C–N with tert-alkyl or cyclic N) is 1. The van der Waals surface area contributed by atoms with Gasteiger partial charge in [-0.1, -0.05) is 82.7 Å². The summed E-state index contributed by atoms with van der Waals surface area (Å²) in [5, 5.41) is 17.8. The number of Topliss-reactive ketones (excluding diaryl/α,β-unsaturated/α-hetero) is 1. The molecule has 3 amide bonds. The third kappa shape index (κ3) is 12.3. The maximum absolute atomic E-state index is 14.3. The van der Waals surface area contributed by atoms with Gasteiger partial charge in [0.05, 0.1) is 46.2 Å². The summed E-state index contributed by atoms with van der Waals surface area (Å²) >= 11 is 1.57. The van der Waals surface area contributed by atoms with Gasteiger partial charge in [0.2, 0.25) is 17.8 Å². The number of pyridine rings is 2. The molecule has 0 spiro atoms. The Hall–Kier alpha value is -7.09. The molecule has 10 rings (SSSR count). The van der Waals surface area contributed by atoms with E-state index in [2.05, 4.69) is 36.5 Å². The van der Waals surface area contributed by atoms with Gasteiger partial charge in [0.1, 0.15) is 29.3 Å². The average molecular weight is 1110 g/mol. The first-order chi connectivity index (χ1) is 38.7. The van der Waals surface area contributed by atoms with Crippen molar-refractivity contribution in [2.45, 2.75) is 143 Å². The molecule has 422 valence electrons. The van der Waals surface area contributed by atoms with E-state index in [0.29, 0.717) is 52.8 Å². The third-order valence-corrected chi connectivity index (χ3v) is 17.5. The molecular formula is C61H75N11O7S. The highest BCUT2D eigenvalue weighted by molar-refractivity contribution is 7.13. The number of hydrogen-bond donors (Lipinski definition) is 3. The van der Waals surface area contributed by atoms with E-state index in [1.807, 2.05) is 74.9 Å². The summed E-state index contributed by atoms with van der Waals surface area (Å²) in [6.45, 7) is 15.0. The maximum atomic E-state index is 14.3. The number of piperazine rings is 1. The molecule has 3 N–H and O–H groups in total. The zero-order valence-electron chi connectivity index (χ0n) is 46.8. The molecule has 0 bridgehead atoms. The minimum absolute atomic E-state index is 0.00840. The van der Waals surface area contributed by atoms with Gasteiger partial charge in [-0.05, 0) is 99.9 Å². The van der Waals surface area contributed by atoms with Crippen molar-refractivity contribution in [2.75, 3.05) is 56.1 Å². The van der Waals surface area contributed by atoms with E-state index in [9.17, 15) is 29.1 Å². The van der Waals surface area contributed by atoms with Crippen LogP contribution in [0.4, 0.5) is 17.5 Å². The number of hydrogen-bond acceptors (Lipinski definition) is 15. The average Bonchev–Trinajstić information content (AvgIpc) is 4.41. The number of fused-ring (bicyclic) bond motifs is 2. The number of aliphatic hydroxyl groups excluding tert-OH is 1. The van der Waals surface area contributed by atoms with E-state index in [0.717, 1.165) is 123 Å². The smallest absolute Gasteiger partial charge is 0.263 e. The number of amides is 3. The van der Waals surface area contributed by atoms with E-state index in [-0.39, 0.29) is 66.1 Å². The van der Waals surface area contributed by atoms with Crippen LogP contribution in [0, 0.1) is 19.8 Å². The lowest BCUT2D eigenvalue weighted by molar-refractivity contribution is -0.143. The van der Waals surface area contributed by atoms with Gasteiger partial charge in [-0.2, -0.15) is 4.98 Å². The summed E-state index contributed by atoms with van der Waals surface area (Å²) in [6, 6.07) is 15.8. The monoisotopic (exact) mass is 1110 g/mol. The molecular weight excluding hydrogens is 1030 g/mol. The number of aryl methyl sites for hydroxylation is 2. The molecule has 0 radical (unpaired) electrons. The fourth-order valence-electron chi connectivity index (χ4n) is 12.2. The molecule has 4 aromatic heterocycles. The van der Waals surface area contributed by atoms with Crippen LogP contribution in [-0.2, 0) is 22.7 Å². The first-order valence-corrected chi connectivity index (χ1v) is 29.6. The lowest BCUT2D eigenvalue weighted by Gasteiger charge is -2.36. The fraction of sp³-hybridized carbons (Fsp3) is 0.492. The quantitative estimate of drug-likeness (QED) is 0.0429. The molecule has 1 aliphatic carbocycles. The number of aliphatic hydroxyl groups is 1. The number of nitrogens with zero attached hydrogens (tertiary/aromatic N) is 9. The van der Waals surface area contributed by atoms with Crippen LogP contribution in [-0.4, -0.2) is 132 Å². The number of thiazole rings is 1. The third-order valence-electron chi connectivity index (χ3n) is 16.6. The highest BCUT2D eigenvalue weighted by atomic mass is 32.1. The van der Waals surface area contributed by atoms with Crippen LogP contribution < -0.4 is 25.8 Å². The Morgan fingerprint density at radius 2 is 1.65 bits per heavy atom. The molecule has 80 heavy (non-hydrogen) atoms. The van der Waals surface area contributed by atoms with E-state index in [1.54, 1.807) is 40.0 Å². The molecule has 18 nitrogen and oxygen atoms in total. The number of likely N-dealkylation sites (tertiary alicyclic amines) is 1. The van der Waals surface area contributed by atoms with E-state index >= 15 is 0 Å². The number of carbonyl (C=O) groups excluding carboxylic acids is 4. The molecule has 1 saturated carbocycles. The van der Waals surface area contributed by atoms with Gasteiger partial charge in [-0.3, -0.25) is 33.4 Å². The summed E-state index contributed by atoms with van der Waals surface area (Å²) in [6.07, 6.45) is 13.2. The van der Waals surface area contributed by atoms with Crippen molar-refractivity contribution >= 4 is 63.3 Å². The molecule has 2 saturated heterocycles. The van der Waals surface area contributed by atoms with Crippen LogP contribution >= 0.6 is 11.3 Å². The molecule has 3 aliphatic heterocycles. The summed E-state index contributed by atoms with van der Waals surface area (Å²) in [7, 11) is 0. The number of carbonyl (C=O) groups is 4. The van der Waals surface area contributed by atoms with E-state index < -0.39 is 18.2 Å². The van der Waals surface area contributed by atoms with Crippen LogP contribution in [0.5, 0.6) is 5.75 Å². The number of unbranched alkanes of at least 4 members (excludes halogenated alkanes) is 5. The van der Waals surface area contributed by atoms with Gasteiger partial charge in [0, 0.05) is 81.0 Å². The number of anilines is 3. The molecule has 3 fully saturated rings. The molecule has 3 atom stereocenters. The number of nitrogens with one attached hydrogen (secondary N) is 2. The zero-order chi connectivity index (χ0) is 56.0. The van der Waals surface area contributed by atoms with Crippen molar-refractivity contribution in [3.05, 3.63) is 116 Å². The van der Waals surface area contributed by atoms with Crippen molar-refractivity contribution < 1.29 is 29.0 Å². The van der Waals surface area contributed by atoms with Gasteiger partial charge in [-0.25, -0.2) is 15.0 Å². The Bertz CT molecular complexity index is 3280. The first kappa shape index (κ1) is 56.2. The summed E-state index contributed by atoms with van der Waals surface area (Å²) in [4.78, 5) is 95.5. The van der Waals surface area contributed by atoms with E-state index in [1.165, 1.54) is 18.2 Å². The van der Waals surface area contributed by atoms with Crippen LogP contribution in [0.2, 0.25) is 0 Å². The SMILES string of the molecule is CC(=O)c1c(C)c2cnc(Nc3ccc(N4CCN(CCCCCCCCOc5cc(-c6scnc6C)ccc5CNC(=O)[C@@H]5C[C@@H](O)CN5C(=O)[C@H](C(C)C)N5Cc6ccccc6C5=O)CC4)cn3)nc2n(C2CCCC2)c1=O. The molecule has 19 heteroatoms. The second kappa shape index (κ2) is 25.1. The van der Waals surface area contributed by atoms with Crippen LogP contribution in [0.15, 0.2) is 77.3 Å². The van der Waals surface area contributed by atoms with Crippen LogP contribution in [0.3, 0.4) is 0 Å². The fourth-order valence-corrected chi connectivity index (χ4v) is 13.0. The summed E-state index contributed by atoms with van der Waals surface area (Å²) < 4.78 is 8.20. The Kier molecular flexibility index (Phi) is 17.7. The Morgan fingerprint density at radius 1 is 0.887 bits per heavy atom. The van der Waals surface area contributed by atoms with Crippen LogP contribution in [0.25, 0.3) is 21.5 Å². The van der Waals surface area contributed by atoms with Crippen molar-refractivity contribution in [3.8, 4) is 16.2 Å². The van der Waals surface area contributed by atoms with Gasteiger partial charge in [-0.15, -0.1) is 11.3 Å². The highest BCUT2D eigenvalue weighted by Crippen LogP contribution is 2.35. The summed E-state index contributed by atoms with van der Waals surface area (Å²) in [5.74, 6) is 0.314. The molecule has 2 aromatic carbocycles. The second-order valence-corrected chi connectivity index (χ2v) is 23.3. The van der Waals surface area contributed by atoms with Crippen molar-refractivity contribution in [1.29, 1.82) is 0 Å². The number of aromatic nitrogens is 5.